The molecule has 0 saturated carbocycles. The fourth-order valence-electron chi connectivity index (χ4n) is 5.11. The summed E-state index contributed by atoms with van der Waals surface area (Å²) < 4.78 is 47.5. The molecule has 0 unspecified atom stereocenters. The van der Waals surface area contributed by atoms with Gasteiger partial charge in [0.15, 0.2) is 11.6 Å². The molecular weight excluding hydrogens is 707 g/mol. The molecule has 2 aromatic carbocycles. The van der Waals surface area contributed by atoms with E-state index in [0.29, 0.717) is 29.0 Å². The third-order valence-corrected chi connectivity index (χ3v) is 9.85. The Balaban J connectivity index is 1.60. The number of alkyl carbamates (subject to hydrolysis) is 1. The molecule has 0 aliphatic heterocycles. The summed E-state index contributed by atoms with van der Waals surface area (Å²) in [7, 11) is 3.01. The minimum Gasteiger partial charge on any atom is -0.486 e. The summed E-state index contributed by atoms with van der Waals surface area (Å²) in [6.45, 7) is 7.37. The number of halogens is 2. The van der Waals surface area contributed by atoms with E-state index >= 15 is 0 Å². The topological polar surface area (TPSA) is 146 Å². The van der Waals surface area contributed by atoms with Crippen molar-refractivity contribution in [2.45, 2.75) is 64.5 Å². The number of imidazole rings is 1. The third-order valence-electron chi connectivity index (χ3n) is 8.14. The Labute approximate surface area is 307 Å². The second-order valence-electron chi connectivity index (χ2n) is 13.7. The first-order chi connectivity index (χ1) is 25.2. The maximum atomic E-state index is 14.3. The van der Waals surface area contributed by atoms with E-state index in [-0.39, 0.29) is 50.1 Å². The van der Waals surface area contributed by atoms with E-state index in [9.17, 15) is 28.0 Å². The van der Waals surface area contributed by atoms with Crippen LogP contribution in [0.2, 0.25) is 25.7 Å². The third kappa shape index (κ3) is 11.6. The molecular formula is C37H46F2N6O7Si. The quantitative estimate of drug-likeness (QED) is 0.0817. The zero-order valence-corrected chi connectivity index (χ0v) is 31.8. The number of carbonyl (C=O) groups is 3. The lowest BCUT2D eigenvalue weighted by atomic mass is 10.1. The number of methoxy groups -OCH3 is 1. The van der Waals surface area contributed by atoms with E-state index in [1.165, 1.54) is 34.8 Å². The summed E-state index contributed by atoms with van der Waals surface area (Å²) in [6.07, 6.45) is 4.10. The van der Waals surface area contributed by atoms with Gasteiger partial charge in [0.05, 0.1) is 24.7 Å². The molecule has 53 heavy (non-hydrogen) atoms. The number of aromatic nitrogens is 3. The van der Waals surface area contributed by atoms with Crippen molar-refractivity contribution in [1.29, 1.82) is 0 Å². The Bertz CT molecular complexity index is 2010. The molecule has 0 aliphatic rings. The zero-order chi connectivity index (χ0) is 38.7. The number of para-hydroxylation sites is 1. The molecule has 16 heteroatoms. The van der Waals surface area contributed by atoms with Gasteiger partial charge in [-0.2, -0.15) is 0 Å². The van der Waals surface area contributed by atoms with Crippen LogP contribution in [0.5, 0.6) is 5.75 Å². The summed E-state index contributed by atoms with van der Waals surface area (Å²) in [5, 5.41) is 5.10. The molecule has 4 rings (SSSR count). The van der Waals surface area contributed by atoms with E-state index in [0.717, 1.165) is 18.2 Å². The highest BCUT2D eigenvalue weighted by Crippen LogP contribution is 2.25. The predicted octanol–water partition coefficient (Wildman–Crippen LogP) is 5.50. The summed E-state index contributed by atoms with van der Waals surface area (Å²) >= 11 is 0. The number of ether oxygens (including phenoxy) is 3. The number of amides is 3. The lowest BCUT2D eigenvalue weighted by Crippen LogP contribution is -2.44. The highest BCUT2D eigenvalue weighted by Gasteiger charge is 2.23. The first-order valence-corrected chi connectivity index (χ1v) is 20.7. The first-order valence-electron chi connectivity index (χ1n) is 17.0. The number of hydrogen-bond acceptors (Lipinski definition) is 8. The predicted molar refractivity (Wildman–Crippen MR) is 199 cm³/mol. The van der Waals surface area contributed by atoms with Crippen LogP contribution in [0.15, 0.2) is 71.7 Å². The molecule has 4 aromatic rings. The van der Waals surface area contributed by atoms with Gasteiger partial charge in [0.25, 0.3) is 5.56 Å². The number of likely N-dealkylation sites (N-methyl/N-ethyl adjacent to an activating group) is 1. The number of nitrogens with zero attached hydrogens (tertiary/aromatic N) is 4. The van der Waals surface area contributed by atoms with Crippen molar-refractivity contribution in [2.75, 3.05) is 33.1 Å². The van der Waals surface area contributed by atoms with Crippen molar-refractivity contribution in [1.82, 2.24) is 24.3 Å². The Hall–Kier alpha value is -5.35. The van der Waals surface area contributed by atoms with E-state index < -0.39 is 43.3 Å². The van der Waals surface area contributed by atoms with Gasteiger partial charge in [-0.3, -0.25) is 14.4 Å². The number of nitrogens with one attached hydrogen (secondary N) is 2. The molecule has 3 amide bonds. The fourth-order valence-corrected chi connectivity index (χ4v) is 5.87. The maximum absolute atomic E-state index is 14.3. The van der Waals surface area contributed by atoms with Crippen LogP contribution < -0.4 is 20.9 Å². The molecule has 1 atom stereocenters. The molecule has 0 bridgehead atoms. The Morgan fingerprint density at radius 2 is 1.85 bits per heavy atom. The van der Waals surface area contributed by atoms with E-state index in [4.69, 9.17) is 14.5 Å². The van der Waals surface area contributed by atoms with Crippen molar-refractivity contribution < 1.29 is 37.4 Å². The van der Waals surface area contributed by atoms with E-state index in [2.05, 4.69) is 35.0 Å². The number of pyridine rings is 1. The van der Waals surface area contributed by atoms with Gasteiger partial charge in [-0.05, 0) is 55.3 Å². The standard InChI is InChI=1S/C37H46F2N6O7Si/c1-43(2)33(46)15-8-7-12-28(41-37(49)50-3)35(47)40-29-13-10-18-44(36(29)48)22-32-42-34-25(23-52-31-17-16-26(38)21-27(31)39)11-9-14-30(34)45(32)24-51-19-20-53(4,5)6/h8-11,13-18,21,28H,7,12,19-20,22-24H2,1-6H3,(H,40,47)(H,41,49)/b15-8+/t28-/m0/s1. The van der Waals surface area contributed by atoms with Crippen LogP contribution in [-0.4, -0.2) is 78.9 Å². The number of anilines is 1. The van der Waals surface area contributed by atoms with Gasteiger partial charge in [0, 0.05) is 46.6 Å². The van der Waals surface area contributed by atoms with Gasteiger partial charge < -0.3 is 38.9 Å². The zero-order valence-electron chi connectivity index (χ0n) is 30.8. The summed E-state index contributed by atoms with van der Waals surface area (Å²) in [5.74, 6) is -2.05. The number of allylic oxidation sites excluding steroid dienone is 1. The van der Waals surface area contributed by atoms with Crippen molar-refractivity contribution >= 4 is 42.7 Å². The van der Waals surface area contributed by atoms with Gasteiger partial charge in [-0.25, -0.2) is 18.6 Å². The number of rotatable bonds is 17. The Kier molecular flexibility index (Phi) is 14.0. The van der Waals surface area contributed by atoms with Crippen LogP contribution in [0.3, 0.4) is 0 Å². The number of benzene rings is 2. The Morgan fingerprint density at radius 3 is 2.55 bits per heavy atom. The van der Waals surface area contributed by atoms with Crippen LogP contribution in [0.25, 0.3) is 11.0 Å². The van der Waals surface area contributed by atoms with Crippen LogP contribution in [0.1, 0.15) is 24.2 Å². The lowest BCUT2D eigenvalue weighted by Gasteiger charge is -2.18. The Morgan fingerprint density at radius 1 is 1.08 bits per heavy atom. The highest BCUT2D eigenvalue weighted by molar-refractivity contribution is 6.76. The molecule has 0 aliphatic carbocycles. The SMILES string of the molecule is COC(=O)N[C@@H](CC/C=C/C(=O)N(C)C)C(=O)Nc1cccn(Cc2nc3c(COc4ccc(F)cc4F)cccc3n2COCC[Si](C)(C)C)c1=O. The maximum Gasteiger partial charge on any atom is 0.407 e. The molecule has 13 nitrogen and oxygen atoms in total. The monoisotopic (exact) mass is 752 g/mol. The number of fused-ring (bicyclic) bond motifs is 1. The average Bonchev–Trinajstić information content (AvgIpc) is 3.45. The molecule has 2 N–H and O–H groups in total. The van der Waals surface area contributed by atoms with Gasteiger partial charge >= 0.3 is 6.09 Å². The smallest absolute Gasteiger partial charge is 0.407 e. The van der Waals surface area contributed by atoms with Crippen molar-refractivity contribution in [3.63, 3.8) is 0 Å². The number of carbonyl (C=O) groups excluding carboxylic acids is 3. The fraction of sp³-hybridized carbons (Fsp3) is 0.378. The summed E-state index contributed by atoms with van der Waals surface area (Å²) in [6, 6.07) is 11.5. The summed E-state index contributed by atoms with van der Waals surface area (Å²) in [5.41, 5.74) is 1.32. The van der Waals surface area contributed by atoms with E-state index in [1.54, 1.807) is 38.5 Å². The second-order valence-corrected chi connectivity index (χ2v) is 19.3. The van der Waals surface area contributed by atoms with Gasteiger partial charge in [0.1, 0.15) is 36.7 Å². The first kappa shape index (κ1) is 40.4. The minimum absolute atomic E-state index is 0.00394. The molecule has 284 valence electrons. The van der Waals surface area contributed by atoms with Crippen LogP contribution in [0, 0.1) is 11.6 Å². The van der Waals surface area contributed by atoms with Crippen LogP contribution in [0.4, 0.5) is 19.3 Å². The van der Waals surface area contributed by atoms with Crippen LogP contribution >= 0.6 is 0 Å². The van der Waals surface area contributed by atoms with Gasteiger partial charge in [-0.15, -0.1) is 0 Å². The lowest BCUT2D eigenvalue weighted by molar-refractivity contribution is -0.123. The molecule has 2 aromatic heterocycles. The highest BCUT2D eigenvalue weighted by atomic mass is 28.3. The average molecular weight is 753 g/mol. The molecule has 0 saturated heterocycles. The molecule has 0 spiro atoms. The van der Waals surface area contributed by atoms with Gasteiger partial charge in [0.2, 0.25) is 11.8 Å². The largest absolute Gasteiger partial charge is 0.486 e. The molecule has 0 fully saturated rings. The van der Waals surface area contributed by atoms with Crippen LogP contribution in [-0.2, 0) is 38.9 Å². The van der Waals surface area contributed by atoms with Crippen molar-refractivity contribution in [3.8, 4) is 5.75 Å². The van der Waals surface area contributed by atoms with Gasteiger partial charge in [-0.1, -0.05) is 37.8 Å². The molecule has 0 radical (unpaired) electrons. The minimum atomic E-state index is -1.38. The normalized spacial score (nSPS) is 12.2. The van der Waals surface area contributed by atoms with E-state index in [1.807, 2.05) is 16.7 Å². The second kappa shape index (κ2) is 18.4. The van der Waals surface area contributed by atoms with Crippen molar-refractivity contribution in [2.24, 2.45) is 0 Å². The van der Waals surface area contributed by atoms with Crippen molar-refractivity contribution in [3.05, 3.63) is 100 Å². The summed E-state index contributed by atoms with van der Waals surface area (Å²) in [4.78, 5) is 57.2. The molecule has 2 heterocycles. The number of hydrogen-bond donors (Lipinski definition) is 2.